The lowest BCUT2D eigenvalue weighted by atomic mass is 10.1. The molecule has 1 unspecified atom stereocenters. The van der Waals surface area contributed by atoms with Crippen molar-refractivity contribution >= 4 is 5.97 Å². The summed E-state index contributed by atoms with van der Waals surface area (Å²) in [6.45, 7) is 2.57. The van der Waals surface area contributed by atoms with Gasteiger partial charge in [-0.25, -0.2) is 4.68 Å². The number of unbranched alkanes of at least 4 members (excludes halogenated alkanes) is 1. The van der Waals surface area contributed by atoms with Crippen LogP contribution in [0.15, 0.2) is 42.7 Å². The second kappa shape index (κ2) is 7.59. The van der Waals surface area contributed by atoms with E-state index in [1.807, 2.05) is 36.5 Å². The van der Waals surface area contributed by atoms with Crippen molar-refractivity contribution in [2.75, 3.05) is 0 Å². The second-order valence-electron chi connectivity index (χ2n) is 4.99. The lowest BCUT2D eigenvalue weighted by Gasteiger charge is -2.16. The number of hydrogen-bond donors (Lipinski definition) is 2. The van der Waals surface area contributed by atoms with Gasteiger partial charge in [-0.1, -0.05) is 38.0 Å². The molecule has 0 aliphatic heterocycles. The van der Waals surface area contributed by atoms with Crippen LogP contribution in [0, 0.1) is 0 Å². The molecule has 2 aromatic rings. The van der Waals surface area contributed by atoms with Gasteiger partial charge in [0.15, 0.2) is 0 Å². The standard InChI is InChI=1S/C16H21N3O2/c1-2-3-8-14(16(20)21)17-12-13-7-4-5-9-15(13)19-11-6-10-18-19/h4-7,9-11,14,17H,2-3,8,12H2,1H3,(H,20,21). The van der Waals surface area contributed by atoms with Gasteiger partial charge in [-0.3, -0.25) is 4.79 Å². The van der Waals surface area contributed by atoms with E-state index in [1.54, 1.807) is 10.9 Å². The zero-order valence-corrected chi connectivity index (χ0v) is 12.2. The topological polar surface area (TPSA) is 67.2 Å². The molecule has 5 nitrogen and oxygen atoms in total. The highest BCUT2D eigenvalue weighted by molar-refractivity contribution is 5.73. The Morgan fingerprint density at radius 2 is 2.19 bits per heavy atom. The highest BCUT2D eigenvalue weighted by atomic mass is 16.4. The Bertz CT molecular complexity index is 567. The number of nitrogens with zero attached hydrogens (tertiary/aromatic N) is 2. The maximum absolute atomic E-state index is 11.3. The third-order valence-corrected chi connectivity index (χ3v) is 3.43. The molecule has 112 valence electrons. The van der Waals surface area contributed by atoms with Crippen LogP contribution < -0.4 is 5.32 Å². The van der Waals surface area contributed by atoms with Crippen LogP contribution in [0.5, 0.6) is 0 Å². The van der Waals surface area contributed by atoms with Gasteiger partial charge in [0.1, 0.15) is 6.04 Å². The predicted octanol–water partition coefficient (Wildman–Crippen LogP) is 2.61. The Morgan fingerprint density at radius 1 is 1.38 bits per heavy atom. The van der Waals surface area contributed by atoms with Crippen LogP contribution in [0.4, 0.5) is 0 Å². The highest BCUT2D eigenvalue weighted by Crippen LogP contribution is 2.14. The number of para-hydroxylation sites is 1. The molecule has 21 heavy (non-hydrogen) atoms. The van der Waals surface area contributed by atoms with Gasteiger partial charge in [-0.15, -0.1) is 0 Å². The number of carbonyl (C=O) groups is 1. The number of hydrogen-bond acceptors (Lipinski definition) is 3. The van der Waals surface area contributed by atoms with E-state index in [9.17, 15) is 9.90 Å². The number of nitrogens with one attached hydrogen (secondary N) is 1. The van der Waals surface area contributed by atoms with Crippen molar-refractivity contribution in [3.63, 3.8) is 0 Å². The first-order valence-electron chi connectivity index (χ1n) is 7.26. The number of benzene rings is 1. The maximum atomic E-state index is 11.3. The fourth-order valence-corrected chi connectivity index (χ4v) is 2.25. The van der Waals surface area contributed by atoms with E-state index in [4.69, 9.17) is 0 Å². The first-order chi connectivity index (χ1) is 10.2. The number of carboxylic acids is 1. The summed E-state index contributed by atoms with van der Waals surface area (Å²) < 4.78 is 1.79. The molecule has 0 amide bonds. The SMILES string of the molecule is CCCCC(NCc1ccccc1-n1cccn1)C(=O)O. The fraction of sp³-hybridized carbons (Fsp3) is 0.375. The molecule has 5 heteroatoms. The molecular formula is C16H21N3O2. The van der Waals surface area contributed by atoms with Crippen LogP contribution in [0.25, 0.3) is 5.69 Å². The first-order valence-corrected chi connectivity index (χ1v) is 7.26. The second-order valence-corrected chi connectivity index (χ2v) is 4.99. The van der Waals surface area contributed by atoms with Crippen molar-refractivity contribution in [1.82, 2.24) is 15.1 Å². The molecule has 0 radical (unpaired) electrons. The molecule has 0 fully saturated rings. The fourth-order valence-electron chi connectivity index (χ4n) is 2.25. The summed E-state index contributed by atoms with van der Waals surface area (Å²) in [7, 11) is 0. The number of aliphatic carboxylic acids is 1. The Balaban J connectivity index is 2.07. The maximum Gasteiger partial charge on any atom is 0.320 e. The van der Waals surface area contributed by atoms with Crippen LogP contribution in [0.1, 0.15) is 31.7 Å². The number of carboxylic acid groups (broad SMARTS) is 1. The Morgan fingerprint density at radius 3 is 2.86 bits per heavy atom. The lowest BCUT2D eigenvalue weighted by molar-refractivity contribution is -0.139. The predicted molar refractivity (Wildman–Crippen MR) is 81.4 cm³/mol. The quantitative estimate of drug-likeness (QED) is 0.783. The van der Waals surface area contributed by atoms with E-state index in [-0.39, 0.29) is 0 Å². The Labute approximate surface area is 124 Å². The van der Waals surface area contributed by atoms with Crippen LogP contribution in [-0.4, -0.2) is 26.9 Å². The normalized spacial score (nSPS) is 12.2. The van der Waals surface area contributed by atoms with E-state index in [0.717, 1.165) is 24.1 Å². The third-order valence-electron chi connectivity index (χ3n) is 3.43. The average Bonchev–Trinajstić information content (AvgIpc) is 3.01. The minimum Gasteiger partial charge on any atom is -0.480 e. The van der Waals surface area contributed by atoms with Gasteiger partial charge in [0, 0.05) is 18.9 Å². The molecule has 0 aliphatic rings. The molecular weight excluding hydrogens is 266 g/mol. The van der Waals surface area contributed by atoms with Crippen molar-refractivity contribution in [1.29, 1.82) is 0 Å². The smallest absolute Gasteiger partial charge is 0.320 e. The Hall–Kier alpha value is -2.14. The summed E-state index contributed by atoms with van der Waals surface area (Å²) >= 11 is 0. The van der Waals surface area contributed by atoms with Gasteiger partial charge in [-0.05, 0) is 24.1 Å². The molecule has 0 aliphatic carbocycles. The molecule has 1 aromatic heterocycles. The van der Waals surface area contributed by atoms with E-state index < -0.39 is 12.0 Å². The van der Waals surface area contributed by atoms with Crippen molar-refractivity contribution < 1.29 is 9.90 Å². The molecule has 0 bridgehead atoms. The summed E-state index contributed by atoms with van der Waals surface area (Å²) in [5.41, 5.74) is 2.00. The molecule has 1 aromatic carbocycles. The minimum absolute atomic E-state index is 0.504. The van der Waals surface area contributed by atoms with Gasteiger partial charge in [0.05, 0.1) is 5.69 Å². The van der Waals surface area contributed by atoms with E-state index >= 15 is 0 Å². The molecule has 0 saturated heterocycles. The van der Waals surface area contributed by atoms with Gasteiger partial charge in [-0.2, -0.15) is 5.10 Å². The van der Waals surface area contributed by atoms with Gasteiger partial charge >= 0.3 is 5.97 Å². The van der Waals surface area contributed by atoms with Gasteiger partial charge in [0.25, 0.3) is 0 Å². The van der Waals surface area contributed by atoms with Crippen molar-refractivity contribution in [2.45, 2.75) is 38.8 Å². The number of aromatic nitrogens is 2. The van der Waals surface area contributed by atoms with Crippen molar-refractivity contribution in [3.05, 3.63) is 48.3 Å². The summed E-state index contributed by atoms with van der Waals surface area (Å²) in [5, 5.41) is 16.6. The van der Waals surface area contributed by atoms with Gasteiger partial charge < -0.3 is 10.4 Å². The zero-order chi connectivity index (χ0) is 15.1. The Kier molecular flexibility index (Phi) is 5.51. The van der Waals surface area contributed by atoms with Crippen LogP contribution >= 0.6 is 0 Å². The largest absolute Gasteiger partial charge is 0.480 e. The van der Waals surface area contributed by atoms with Crippen molar-refractivity contribution in [2.24, 2.45) is 0 Å². The van der Waals surface area contributed by atoms with Gasteiger partial charge in [0.2, 0.25) is 0 Å². The highest BCUT2D eigenvalue weighted by Gasteiger charge is 2.16. The zero-order valence-electron chi connectivity index (χ0n) is 12.2. The average molecular weight is 287 g/mol. The molecule has 2 N–H and O–H groups in total. The van der Waals surface area contributed by atoms with Crippen LogP contribution in [0.3, 0.4) is 0 Å². The molecule has 2 rings (SSSR count). The molecule has 1 heterocycles. The molecule has 0 saturated carbocycles. The lowest BCUT2D eigenvalue weighted by Crippen LogP contribution is -2.36. The summed E-state index contributed by atoms with van der Waals surface area (Å²) in [6, 6.07) is 9.23. The molecule has 0 spiro atoms. The van der Waals surface area contributed by atoms with Crippen molar-refractivity contribution in [3.8, 4) is 5.69 Å². The van der Waals surface area contributed by atoms with Crippen LogP contribution in [0.2, 0.25) is 0 Å². The monoisotopic (exact) mass is 287 g/mol. The molecule has 1 atom stereocenters. The van der Waals surface area contributed by atoms with Crippen LogP contribution in [-0.2, 0) is 11.3 Å². The third kappa shape index (κ3) is 4.16. The summed E-state index contributed by atoms with van der Waals surface area (Å²) in [4.78, 5) is 11.3. The van der Waals surface area contributed by atoms with E-state index in [1.165, 1.54) is 0 Å². The first kappa shape index (κ1) is 15.3. The summed E-state index contributed by atoms with van der Waals surface area (Å²) in [5.74, 6) is -0.792. The minimum atomic E-state index is -0.792. The van der Waals surface area contributed by atoms with E-state index in [2.05, 4.69) is 17.3 Å². The summed E-state index contributed by atoms with van der Waals surface area (Å²) in [6.07, 6.45) is 6.16. The van der Waals surface area contributed by atoms with E-state index in [0.29, 0.717) is 13.0 Å². The number of rotatable bonds is 8.